The van der Waals surface area contributed by atoms with Gasteiger partial charge in [-0.3, -0.25) is 13.6 Å². The van der Waals surface area contributed by atoms with E-state index in [-0.39, 0.29) is 25.7 Å². The van der Waals surface area contributed by atoms with E-state index in [9.17, 15) is 9.36 Å². The number of carbonyl (C=O) groups is 2. The Morgan fingerprint density at radius 1 is 0.879 bits per heavy atom. The van der Waals surface area contributed by atoms with Crippen LogP contribution in [0, 0.1) is 0 Å². The van der Waals surface area contributed by atoms with Gasteiger partial charge in [0.15, 0.2) is 0 Å². The molecule has 0 aromatic heterocycles. The summed E-state index contributed by atoms with van der Waals surface area (Å²) in [6.07, 6.45) is 7.27. The van der Waals surface area contributed by atoms with Crippen LogP contribution in [0.5, 0.6) is 0 Å². The van der Waals surface area contributed by atoms with Crippen molar-refractivity contribution in [2.45, 2.75) is 37.5 Å². The Bertz CT molecular complexity index is 512. The number of hydrogen-bond donors (Lipinski definition) is 0. The van der Waals surface area contributed by atoms with Crippen LogP contribution in [0.2, 0.25) is 0 Å². The van der Waals surface area contributed by atoms with Gasteiger partial charge in [0.25, 0.3) is 0 Å². The molecule has 0 aromatic rings. The molecule has 8 nitrogen and oxygen atoms in total. The molecule has 0 fully saturated rings. The molecule has 0 saturated heterocycles. The van der Waals surface area contributed by atoms with E-state index in [0.29, 0.717) is 24.6 Å². The fourth-order valence-electron chi connectivity index (χ4n) is 1.21. The number of halogens is 4. The van der Waals surface area contributed by atoms with Crippen LogP contribution in [0.4, 0.5) is 0 Å². The van der Waals surface area contributed by atoms with Crippen molar-refractivity contribution in [2.24, 2.45) is 0 Å². The Morgan fingerprint density at radius 3 is 1.67 bits per heavy atom. The van der Waals surface area contributed by atoms with Crippen molar-refractivity contribution >= 4 is 79.7 Å². The second kappa shape index (κ2) is 41.5. The van der Waals surface area contributed by atoms with Gasteiger partial charge >= 0.3 is 7.82 Å². The number of hydrogen-bond acceptors (Lipinski definition) is 8. The monoisotopic (exact) mass is 572 g/mol. The number of rotatable bonds is 16. The van der Waals surface area contributed by atoms with E-state index in [2.05, 4.69) is 13.2 Å². The quantitative estimate of drug-likeness (QED) is 0.0769. The first-order chi connectivity index (χ1) is 15.9. The summed E-state index contributed by atoms with van der Waals surface area (Å²) >= 11 is 22.3. The van der Waals surface area contributed by atoms with Crippen molar-refractivity contribution in [1.29, 1.82) is 0 Å². The molecule has 0 aromatic carbocycles. The van der Waals surface area contributed by atoms with Crippen LogP contribution in [-0.4, -0.2) is 68.3 Å². The molecule has 0 N–H and O–H groups in total. The molecule has 1 atom stereocenters. The first kappa shape index (κ1) is 42.4. The van der Waals surface area contributed by atoms with Crippen molar-refractivity contribution in [3.63, 3.8) is 0 Å². The van der Waals surface area contributed by atoms with E-state index in [1.807, 2.05) is 19.7 Å². The molecule has 0 spiro atoms. The minimum Gasteiger partial charge on any atom is -0.307 e. The predicted octanol–water partition coefficient (Wildman–Crippen LogP) is 5.61. The zero-order valence-electron chi connectivity index (χ0n) is 18.6. The molecule has 33 heavy (non-hydrogen) atoms. The Balaban J connectivity index is -0.000000144. The second-order valence-electron chi connectivity index (χ2n) is 4.93. The third-order valence-corrected chi connectivity index (χ3v) is 5.28. The minimum atomic E-state index is -3.61. The summed E-state index contributed by atoms with van der Waals surface area (Å²) in [5.74, 6) is 3.96. The van der Waals surface area contributed by atoms with E-state index in [0.717, 1.165) is 19.3 Å². The van der Waals surface area contributed by atoms with Crippen molar-refractivity contribution in [3.8, 4) is 0 Å². The summed E-state index contributed by atoms with van der Waals surface area (Å²) < 4.78 is 27.4. The number of phosphoric ester groups is 1. The fourth-order valence-corrected chi connectivity index (χ4v) is 2.96. The molecule has 0 aliphatic heterocycles. The van der Waals surface area contributed by atoms with Gasteiger partial charge in [0, 0.05) is 17.6 Å². The normalized spacial score (nSPS) is 9.82. The highest BCUT2D eigenvalue weighted by Gasteiger charge is 2.27. The van der Waals surface area contributed by atoms with Gasteiger partial charge in [-0.15, -0.1) is 53.0 Å². The van der Waals surface area contributed by atoms with Crippen LogP contribution in [0.3, 0.4) is 0 Å². The molecule has 0 bridgehead atoms. The molecule has 13 heteroatoms. The summed E-state index contributed by atoms with van der Waals surface area (Å²) in [4.78, 5) is 34.1. The first-order valence-corrected chi connectivity index (χ1v) is 12.8. The Labute approximate surface area is 216 Å². The lowest BCUT2D eigenvalue weighted by molar-refractivity contribution is -0.0987. The topological polar surface area (TPSA) is 113 Å². The smallest absolute Gasteiger partial charge is 0.307 e. The highest BCUT2D eigenvalue weighted by atomic mass is 35.5. The standard InChI is InChI=1S/C9H17Cl4O4P.C7H10O.C2H2O.2CH2O/c10-3-1-5-15-18(14,16-6-2-4-11)17-8-9(13)7-12;1-2-3-4-5-6-7-8;1-2-3;2*1-2/h9H,1-8H2;2,6H,1,3-5H2;1H2;2*1H2. The van der Waals surface area contributed by atoms with Crippen molar-refractivity contribution < 1.29 is 37.3 Å². The maximum atomic E-state index is 12.1. The molecular weight excluding hydrogens is 541 g/mol. The van der Waals surface area contributed by atoms with Gasteiger partial charge in [0.05, 0.1) is 25.2 Å². The van der Waals surface area contributed by atoms with Crippen LogP contribution in [-0.2, 0) is 37.3 Å². The Hall–Kier alpha value is -0.750. The highest BCUT2D eigenvalue weighted by molar-refractivity contribution is 7.48. The van der Waals surface area contributed by atoms with Crippen molar-refractivity contribution in [2.75, 3.05) is 37.5 Å². The van der Waals surface area contributed by atoms with E-state index in [1.54, 1.807) is 5.94 Å². The van der Waals surface area contributed by atoms with Gasteiger partial charge in [-0.1, -0.05) is 6.08 Å². The van der Waals surface area contributed by atoms with E-state index in [4.69, 9.17) is 74.4 Å². The third-order valence-electron chi connectivity index (χ3n) is 2.48. The fraction of sp³-hybridized carbons (Fsp3) is 0.600. The van der Waals surface area contributed by atoms with Crippen LogP contribution in [0.15, 0.2) is 25.3 Å². The van der Waals surface area contributed by atoms with Gasteiger partial charge in [-0.05, 0) is 44.8 Å². The van der Waals surface area contributed by atoms with Crippen LogP contribution < -0.4 is 0 Å². The van der Waals surface area contributed by atoms with Crippen molar-refractivity contribution in [1.82, 2.24) is 0 Å². The summed E-state index contributed by atoms with van der Waals surface area (Å²) in [6, 6.07) is 0. The SMILES string of the molecule is C=C=O.C=CCCCC=C=O.C=O.C=O.O=P(OCCCCl)(OCCCCl)OCC(Cl)CCl. The van der Waals surface area contributed by atoms with E-state index in [1.165, 1.54) is 12.0 Å². The Kier molecular flexibility index (Phi) is 53.3. The molecule has 0 heterocycles. The Morgan fingerprint density at radius 2 is 1.33 bits per heavy atom. The van der Waals surface area contributed by atoms with Crippen LogP contribution in [0.1, 0.15) is 32.1 Å². The zero-order chi connectivity index (χ0) is 26.8. The molecule has 0 aliphatic rings. The maximum absolute atomic E-state index is 12.1. The molecule has 194 valence electrons. The summed E-state index contributed by atoms with van der Waals surface area (Å²) in [5, 5.41) is -0.451. The number of phosphoric acid groups is 1. The average molecular weight is 574 g/mol. The largest absolute Gasteiger partial charge is 0.474 e. The molecule has 1 unspecified atom stereocenters. The number of carbonyl (C=O) groups excluding carboxylic acids is 4. The van der Waals surface area contributed by atoms with Gasteiger partial charge in [-0.25, -0.2) is 14.2 Å². The lowest BCUT2D eigenvalue weighted by Gasteiger charge is -2.18. The minimum absolute atomic E-state index is 0.00984. The molecule has 0 saturated carbocycles. The summed E-state index contributed by atoms with van der Waals surface area (Å²) in [7, 11) is -3.61. The van der Waals surface area contributed by atoms with Gasteiger partial charge < -0.3 is 9.59 Å². The molecule has 0 radical (unpaired) electrons. The number of alkyl halides is 4. The summed E-state index contributed by atoms with van der Waals surface area (Å²) in [6.45, 7) is 10.6. The lowest BCUT2D eigenvalue weighted by atomic mass is 10.2. The third kappa shape index (κ3) is 45.5. The zero-order valence-corrected chi connectivity index (χ0v) is 22.5. The lowest BCUT2D eigenvalue weighted by Crippen LogP contribution is -2.12. The molecule has 0 aliphatic carbocycles. The van der Waals surface area contributed by atoms with Gasteiger partial charge in [0.2, 0.25) is 0 Å². The van der Waals surface area contributed by atoms with Gasteiger partial charge in [-0.2, -0.15) is 0 Å². The van der Waals surface area contributed by atoms with Gasteiger partial charge in [0.1, 0.15) is 25.5 Å². The number of unbranched alkanes of at least 4 members (excludes halogenated alkanes) is 2. The second-order valence-corrected chi connectivity index (χ2v) is 8.28. The van der Waals surface area contributed by atoms with Crippen molar-refractivity contribution in [3.05, 3.63) is 25.3 Å². The molecule has 0 rings (SSSR count). The predicted molar refractivity (Wildman–Crippen MR) is 136 cm³/mol. The van der Waals surface area contributed by atoms with Crippen LogP contribution in [0.25, 0.3) is 0 Å². The highest BCUT2D eigenvalue weighted by Crippen LogP contribution is 2.49. The van der Waals surface area contributed by atoms with E-state index >= 15 is 0 Å². The average Bonchev–Trinajstić information content (AvgIpc) is 2.84. The molecular formula is C20H33Cl4O8P. The van der Waals surface area contributed by atoms with Crippen LogP contribution >= 0.6 is 54.2 Å². The number of allylic oxidation sites excluding steroid dienone is 2. The summed E-state index contributed by atoms with van der Waals surface area (Å²) in [5.41, 5.74) is 0. The molecule has 0 amide bonds. The maximum Gasteiger partial charge on any atom is 0.474 e. The van der Waals surface area contributed by atoms with E-state index < -0.39 is 13.2 Å². The first-order valence-electron chi connectivity index (χ1n) is 9.29.